The van der Waals surface area contributed by atoms with Crippen LogP contribution in [0.2, 0.25) is 0 Å². The quantitative estimate of drug-likeness (QED) is 0.796. The van der Waals surface area contributed by atoms with E-state index in [9.17, 15) is 18.3 Å². The second kappa shape index (κ2) is 5.81. The Hall–Kier alpha value is -1.58. The number of carboxylic acids is 1. The second-order valence-corrected chi connectivity index (χ2v) is 6.38. The number of aliphatic carboxylic acids is 1. The molecule has 2 rings (SSSR count). The zero-order valence-corrected chi connectivity index (χ0v) is 12.2. The van der Waals surface area contributed by atoms with Gasteiger partial charge in [-0.15, -0.1) is 0 Å². The molecule has 20 heavy (non-hydrogen) atoms. The number of nitrogens with one attached hydrogen (secondary N) is 1. The highest BCUT2D eigenvalue weighted by Crippen LogP contribution is 2.21. The van der Waals surface area contributed by atoms with Gasteiger partial charge in [0.1, 0.15) is 15.9 Å². The van der Waals surface area contributed by atoms with Gasteiger partial charge in [-0.05, 0) is 18.6 Å². The molecule has 1 aromatic carbocycles. The maximum atomic E-state index is 12.3. The minimum atomic E-state index is -3.99. The lowest BCUT2D eigenvalue weighted by Gasteiger charge is -2.18. The number of carbonyl (C=O) groups is 1. The predicted molar refractivity (Wildman–Crippen MR) is 71.4 cm³/mol. The number of hydrogen-bond donors (Lipinski definition) is 1. The molecule has 0 fully saturated rings. The van der Waals surface area contributed by atoms with Crippen LogP contribution < -0.4 is 9.83 Å². The SMILES string of the molecule is CCC[C@H](NS(=O)(=O)c1cccc2nsnc12)C(=O)[O-]. The van der Waals surface area contributed by atoms with Gasteiger partial charge in [0.15, 0.2) is 0 Å². The Labute approximate surface area is 120 Å². The molecule has 0 saturated heterocycles. The fourth-order valence-corrected chi connectivity index (χ4v) is 3.75. The second-order valence-electron chi connectivity index (χ2n) is 4.17. The molecule has 1 aromatic heterocycles. The number of nitrogens with zero attached hydrogens (tertiary/aromatic N) is 2. The summed E-state index contributed by atoms with van der Waals surface area (Å²) in [6.45, 7) is 1.76. The summed E-state index contributed by atoms with van der Waals surface area (Å²) in [4.78, 5) is 10.9. The van der Waals surface area contributed by atoms with Crippen LogP contribution in [0.3, 0.4) is 0 Å². The van der Waals surface area contributed by atoms with Crippen molar-refractivity contribution in [3.05, 3.63) is 18.2 Å². The third kappa shape index (κ3) is 2.94. The molecule has 0 amide bonds. The van der Waals surface area contributed by atoms with E-state index in [2.05, 4.69) is 13.5 Å². The zero-order chi connectivity index (χ0) is 14.8. The summed E-state index contributed by atoms with van der Waals surface area (Å²) in [5.41, 5.74) is 0.692. The van der Waals surface area contributed by atoms with Crippen molar-refractivity contribution in [2.75, 3.05) is 0 Å². The standard InChI is InChI=1S/C11H13N3O4S2/c1-2-4-8(11(15)16)14-20(17,18)9-6-3-5-7-10(9)13-19-12-7/h3,5-6,8,14H,2,4H2,1H3,(H,15,16)/p-1/t8-/m0/s1. The molecule has 0 radical (unpaired) electrons. The van der Waals surface area contributed by atoms with Gasteiger partial charge >= 0.3 is 0 Å². The Morgan fingerprint density at radius 3 is 2.85 bits per heavy atom. The van der Waals surface area contributed by atoms with E-state index in [0.717, 1.165) is 11.7 Å². The first-order valence-electron chi connectivity index (χ1n) is 5.90. The normalized spacial score (nSPS) is 13.4. The van der Waals surface area contributed by atoms with Gasteiger partial charge in [0.25, 0.3) is 0 Å². The summed E-state index contributed by atoms with van der Waals surface area (Å²) in [6, 6.07) is 3.28. The first-order chi connectivity index (χ1) is 9.45. The summed E-state index contributed by atoms with van der Waals surface area (Å²) >= 11 is 0.898. The number of sulfonamides is 1. The lowest BCUT2D eigenvalue weighted by Crippen LogP contribution is -2.47. The highest BCUT2D eigenvalue weighted by Gasteiger charge is 2.23. The Kier molecular flexibility index (Phi) is 4.31. The Bertz CT molecular complexity index is 726. The maximum absolute atomic E-state index is 12.3. The van der Waals surface area contributed by atoms with E-state index >= 15 is 0 Å². The fourth-order valence-electron chi connectivity index (χ4n) is 1.76. The fraction of sp³-hybridized carbons (Fsp3) is 0.364. The molecule has 1 heterocycles. The number of carbonyl (C=O) groups excluding carboxylic acids is 1. The van der Waals surface area contributed by atoms with Crippen LogP contribution in [0.15, 0.2) is 23.1 Å². The highest BCUT2D eigenvalue weighted by molar-refractivity contribution is 7.89. The molecule has 0 saturated carbocycles. The van der Waals surface area contributed by atoms with Crippen molar-refractivity contribution < 1.29 is 18.3 Å². The predicted octanol–water partition coefficient (Wildman–Crippen LogP) is -0.112. The van der Waals surface area contributed by atoms with E-state index in [0.29, 0.717) is 11.9 Å². The first kappa shape index (κ1) is 14.8. The molecule has 108 valence electrons. The monoisotopic (exact) mass is 314 g/mol. The molecule has 7 nitrogen and oxygen atoms in total. The van der Waals surface area contributed by atoms with E-state index in [1.165, 1.54) is 12.1 Å². The van der Waals surface area contributed by atoms with Crippen LogP contribution in [0.5, 0.6) is 0 Å². The van der Waals surface area contributed by atoms with Crippen LogP contribution in [-0.2, 0) is 14.8 Å². The number of rotatable bonds is 6. The van der Waals surface area contributed by atoms with Gasteiger partial charge in [0.05, 0.1) is 23.7 Å². The van der Waals surface area contributed by atoms with Crippen LogP contribution in [0.1, 0.15) is 19.8 Å². The van der Waals surface area contributed by atoms with Gasteiger partial charge in [-0.3, -0.25) is 0 Å². The number of fused-ring (bicyclic) bond motifs is 1. The van der Waals surface area contributed by atoms with Crippen molar-refractivity contribution in [2.24, 2.45) is 0 Å². The molecule has 0 aliphatic heterocycles. The smallest absolute Gasteiger partial charge is 0.243 e. The number of carboxylic acid groups (broad SMARTS) is 1. The molecular formula is C11H12N3O4S2-. The van der Waals surface area contributed by atoms with E-state index < -0.39 is 22.0 Å². The number of benzene rings is 1. The van der Waals surface area contributed by atoms with Gasteiger partial charge in [0, 0.05) is 0 Å². The van der Waals surface area contributed by atoms with Crippen molar-refractivity contribution >= 4 is 38.8 Å². The lowest BCUT2D eigenvalue weighted by atomic mass is 10.2. The molecule has 9 heteroatoms. The molecule has 0 aliphatic rings. The Morgan fingerprint density at radius 2 is 2.20 bits per heavy atom. The van der Waals surface area contributed by atoms with Crippen LogP contribution in [0.4, 0.5) is 0 Å². The van der Waals surface area contributed by atoms with Gasteiger partial charge in [-0.25, -0.2) is 13.1 Å². The third-order valence-electron chi connectivity index (χ3n) is 2.70. The molecular weight excluding hydrogens is 302 g/mol. The van der Waals surface area contributed by atoms with Crippen LogP contribution in [0.25, 0.3) is 11.0 Å². The van der Waals surface area contributed by atoms with Crippen molar-refractivity contribution in [2.45, 2.75) is 30.7 Å². The van der Waals surface area contributed by atoms with Crippen LogP contribution in [0, 0.1) is 0 Å². The highest BCUT2D eigenvalue weighted by atomic mass is 32.2. The topological polar surface area (TPSA) is 112 Å². The average molecular weight is 314 g/mol. The van der Waals surface area contributed by atoms with E-state index in [-0.39, 0.29) is 16.8 Å². The third-order valence-corrected chi connectivity index (χ3v) is 4.74. The zero-order valence-electron chi connectivity index (χ0n) is 10.6. The molecule has 0 aliphatic carbocycles. The summed E-state index contributed by atoms with van der Waals surface area (Å²) in [5, 5.41) is 10.9. The van der Waals surface area contributed by atoms with Gasteiger partial charge in [-0.1, -0.05) is 19.4 Å². The van der Waals surface area contributed by atoms with E-state index in [1.54, 1.807) is 13.0 Å². The number of aromatic nitrogens is 2. The van der Waals surface area contributed by atoms with Crippen molar-refractivity contribution in [3.63, 3.8) is 0 Å². The average Bonchev–Trinajstić information content (AvgIpc) is 2.85. The molecule has 2 aromatic rings. The molecule has 1 atom stereocenters. The van der Waals surface area contributed by atoms with Gasteiger partial charge in [0.2, 0.25) is 10.0 Å². The van der Waals surface area contributed by atoms with Gasteiger partial charge in [-0.2, -0.15) is 8.75 Å². The van der Waals surface area contributed by atoms with Crippen molar-refractivity contribution in [1.82, 2.24) is 13.5 Å². The van der Waals surface area contributed by atoms with Crippen molar-refractivity contribution in [1.29, 1.82) is 0 Å². The molecule has 0 unspecified atom stereocenters. The largest absolute Gasteiger partial charge is 0.548 e. The number of hydrogen-bond acceptors (Lipinski definition) is 7. The van der Waals surface area contributed by atoms with Crippen LogP contribution >= 0.6 is 11.7 Å². The summed E-state index contributed by atoms with van der Waals surface area (Å²) in [6.07, 6.45) is 0.677. The lowest BCUT2D eigenvalue weighted by molar-refractivity contribution is -0.308. The minimum Gasteiger partial charge on any atom is -0.548 e. The minimum absolute atomic E-state index is 0.0777. The summed E-state index contributed by atoms with van der Waals surface area (Å²) in [5.74, 6) is -1.45. The van der Waals surface area contributed by atoms with E-state index in [1.807, 2.05) is 0 Å². The molecule has 0 spiro atoms. The summed E-state index contributed by atoms with van der Waals surface area (Å²) < 4.78 is 34.6. The van der Waals surface area contributed by atoms with Crippen molar-refractivity contribution in [3.8, 4) is 0 Å². The van der Waals surface area contributed by atoms with Gasteiger partial charge < -0.3 is 9.90 Å². The maximum Gasteiger partial charge on any atom is 0.243 e. The van der Waals surface area contributed by atoms with Crippen LogP contribution in [-0.4, -0.2) is 29.2 Å². The molecule has 1 N–H and O–H groups in total. The first-order valence-corrected chi connectivity index (χ1v) is 8.11. The Balaban J connectivity index is 2.39. The summed E-state index contributed by atoms with van der Waals surface area (Å²) in [7, 11) is -3.99. The van der Waals surface area contributed by atoms with E-state index in [4.69, 9.17) is 0 Å². The molecule has 0 bridgehead atoms. The Morgan fingerprint density at radius 1 is 1.45 bits per heavy atom.